The Balaban J connectivity index is 1.53. The first kappa shape index (κ1) is 15.9. The van der Waals surface area contributed by atoms with Crippen LogP contribution < -0.4 is 5.32 Å². The summed E-state index contributed by atoms with van der Waals surface area (Å²) in [7, 11) is 0. The molecule has 128 valence electrons. The number of amides is 1. The van der Waals surface area contributed by atoms with Crippen LogP contribution in [-0.2, 0) is 24.1 Å². The molecule has 2 heterocycles. The zero-order valence-corrected chi connectivity index (χ0v) is 14.4. The van der Waals surface area contributed by atoms with Crippen molar-refractivity contribution in [2.24, 2.45) is 0 Å². The van der Waals surface area contributed by atoms with Crippen LogP contribution in [0.3, 0.4) is 0 Å². The Morgan fingerprint density at radius 2 is 2.12 bits per heavy atom. The second kappa shape index (κ2) is 6.37. The Morgan fingerprint density at radius 3 is 2.92 bits per heavy atom. The lowest BCUT2D eigenvalue weighted by Gasteiger charge is -2.13. The number of aromatic nitrogens is 1. The van der Waals surface area contributed by atoms with Gasteiger partial charge in [-0.05, 0) is 42.5 Å². The van der Waals surface area contributed by atoms with Crippen molar-refractivity contribution in [2.45, 2.75) is 31.7 Å². The average Bonchev–Trinajstić information content (AvgIpc) is 3.28. The molecule has 1 aliphatic carbocycles. The molecule has 1 aliphatic rings. The first-order valence-electron chi connectivity index (χ1n) is 8.32. The molecule has 0 spiro atoms. The van der Waals surface area contributed by atoms with Gasteiger partial charge in [-0.2, -0.15) is 0 Å². The molecule has 0 fully saturated rings. The molecular formula is C19H18N2O3S. The second-order valence-electron chi connectivity index (χ2n) is 6.34. The molecule has 0 aliphatic heterocycles. The van der Waals surface area contributed by atoms with Gasteiger partial charge in [0.05, 0.1) is 4.88 Å². The van der Waals surface area contributed by atoms with Crippen LogP contribution in [0.2, 0.25) is 0 Å². The Morgan fingerprint density at radius 1 is 1.28 bits per heavy atom. The van der Waals surface area contributed by atoms with Crippen molar-refractivity contribution in [3.63, 3.8) is 0 Å². The summed E-state index contributed by atoms with van der Waals surface area (Å²) in [5, 5.41) is 13.2. The highest BCUT2D eigenvalue weighted by atomic mass is 32.1. The minimum atomic E-state index is -1.03. The first-order chi connectivity index (χ1) is 12.1. The third-order valence-electron chi connectivity index (χ3n) is 4.67. The van der Waals surface area contributed by atoms with Crippen molar-refractivity contribution >= 4 is 34.1 Å². The van der Waals surface area contributed by atoms with Crippen molar-refractivity contribution in [1.29, 1.82) is 0 Å². The number of rotatable bonds is 5. The van der Waals surface area contributed by atoms with Gasteiger partial charge in [0.2, 0.25) is 0 Å². The molecule has 1 unspecified atom stereocenters. The third-order valence-corrected chi connectivity index (χ3v) is 5.91. The summed E-state index contributed by atoms with van der Waals surface area (Å²) < 4.78 is 0. The Labute approximate surface area is 148 Å². The van der Waals surface area contributed by atoms with Crippen molar-refractivity contribution < 1.29 is 14.7 Å². The number of thiophene rings is 1. The van der Waals surface area contributed by atoms with Crippen LogP contribution in [0.5, 0.6) is 0 Å². The number of para-hydroxylation sites is 1. The van der Waals surface area contributed by atoms with E-state index < -0.39 is 12.0 Å². The van der Waals surface area contributed by atoms with E-state index in [-0.39, 0.29) is 12.3 Å². The summed E-state index contributed by atoms with van der Waals surface area (Å²) >= 11 is 1.48. The van der Waals surface area contributed by atoms with Crippen molar-refractivity contribution in [1.82, 2.24) is 10.3 Å². The van der Waals surface area contributed by atoms with Crippen LogP contribution in [0.15, 0.2) is 36.5 Å². The normalized spacial score (nSPS) is 14.4. The number of nitrogens with one attached hydrogen (secondary N) is 2. The summed E-state index contributed by atoms with van der Waals surface area (Å²) in [6.45, 7) is 0. The molecule has 1 atom stereocenters. The molecule has 25 heavy (non-hydrogen) atoms. The van der Waals surface area contributed by atoms with Crippen LogP contribution in [0, 0.1) is 0 Å². The van der Waals surface area contributed by atoms with E-state index in [0.29, 0.717) is 4.88 Å². The lowest BCUT2D eigenvalue weighted by Crippen LogP contribution is -2.42. The van der Waals surface area contributed by atoms with Crippen LogP contribution in [0.1, 0.15) is 32.1 Å². The van der Waals surface area contributed by atoms with Gasteiger partial charge in [0, 0.05) is 28.4 Å². The molecule has 3 N–H and O–H groups in total. The zero-order valence-electron chi connectivity index (χ0n) is 13.5. The summed E-state index contributed by atoms with van der Waals surface area (Å²) in [4.78, 5) is 29.1. The van der Waals surface area contributed by atoms with Crippen LogP contribution in [-0.4, -0.2) is 28.0 Å². The summed E-state index contributed by atoms with van der Waals surface area (Å²) in [5.41, 5.74) is 3.08. The molecule has 0 radical (unpaired) electrons. The van der Waals surface area contributed by atoms with Crippen molar-refractivity contribution in [3.05, 3.63) is 57.4 Å². The van der Waals surface area contributed by atoms with Gasteiger partial charge in [-0.1, -0.05) is 18.2 Å². The Kier molecular flexibility index (Phi) is 4.05. The fraction of sp³-hybridized carbons (Fsp3) is 0.263. The van der Waals surface area contributed by atoms with E-state index in [1.54, 1.807) is 0 Å². The summed E-state index contributed by atoms with van der Waals surface area (Å²) in [6.07, 6.45) is 5.23. The Hall–Kier alpha value is -2.60. The molecule has 0 bridgehead atoms. The van der Waals surface area contributed by atoms with E-state index in [9.17, 15) is 14.7 Å². The Bertz CT molecular complexity index is 935. The monoisotopic (exact) mass is 354 g/mol. The predicted octanol–water partition coefficient (Wildman–Crippen LogP) is 3.14. The maximum Gasteiger partial charge on any atom is 0.326 e. The molecule has 0 saturated carbocycles. The molecule has 6 heteroatoms. The van der Waals surface area contributed by atoms with E-state index >= 15 is 0 Å². The fourth-order valence-electron chi connectivity index (χ4n) is 3.39. The van der Waals surface area contributed by atoms with Gasteiger partial charge in [0.15, 0.2) is 0 Å². The number of hydrogen-bond donors (Lipinski definition) is 3. The van der Waals surface area contributed by atoms with Gasteiger partial charge in [-0.3, -0.25) is 4.79 Å². The summed E-state index contributed by atoms with van der Waals surface area (Å²) in [5.74, 6) is -1.32. The molecule has 1 amide bonds. The lowest BCUT2D eigenvalue weighted by molar-refractivity contribution is -0.139. The summed E-state index contributed by atoms with van der Waals surface area (Å²) in [6, 6.07) is 8.69. The third kappa shape index (κ3) is 3.05. The minimum Gasteiger partial charge on any atom is -0.480 e. The predicted molar refractivity (Wildman–Crippen MR) is 97.2 cm³/mol. The van der Waals surface area contributed by atoms with Gasteiger partial charge in [0.25, 0.3) is 5.91 Å². The van der Waals surface area contributed by atoms with E-state index in [1.807, 2.05) is 36.5 Å². The topological polar surface area (TPSA) is 82.2 Å². The minimum absolute atomic E-state index is 0.246. The highest BCUT2D eigenvalue weighted by Gasteiger charge is 2.25. The van der Waals surface area contributed by atoms with Gasteiger partial charge < -0.3 is 15.4 Å². The van der Waals surface area contributed by atoms with E-state index in [2.05, 4.69) is 10.3 Å². The van der Waals surface area contributed by atoms with Gasteiger partial charge in [-0.25, -0.2) is 4.79 Å². The number of fused-ring (bicyclic) bond motifs is 2. The SMILES string of the molecule is O=C(NC(Cc1c[nH]c2ccccc12)C(=O)O)c1cc2c(s1)CCC2. The van der Waals surface area contributed by atoms with Gasteiger partial charge in [0.1, 0.15) is 6.04 Å². The number of carbonyl (C=O) groups excluding carboxylic acids is 1. The number of carbonyl (C=O) groups is 2. The highest BCUT2D eigenvalue weighted by Crippen LogP contribution is 2.30. The van der Waals surface area contributed by atoms with E-state index in [0.717, 1.165) is 35.7 Å². The number of H-pyrrole nitrogens is 1. The maximum absolute atomic E-state index is 12.5. The number of hydrogen-bond acceptors (Lipinski definition) is 3. The molecule has 0 saturated heterocycles. The number of aromatic amines is 1. The average molecular weight is 354 g/mol. The van der Waals surface area contributed by atoms with Crippen LogP contribution in [0.25, 0.3) is 10.9 Å². The molecule has 3 aromatic rings. The zero-order chi connectivity index (χ0) is 17.4. The fourth-order valence-corrected chi connectivity index (χ4v) is 4.55. The molecule has 5 nitrogen and oxygen atoms in total. The molecule has 2 aromatic heterocycles. The van der Waals surface area contributed by atoms with E-state index in [1.165, 1.54) is 21.8 Å². The standard InChI is InChI=1S/C19H18N2O3S/c22-18(17-9-11-4-3-7-16(11)25-17)21-15(19(23)24)8-12-10-20-14-6-2-1-5-13(12)14/h1-2,5-6,9-10,15,20H,3-4,7-8H2,(H,21,22)(H,23,24). The quantitative estimate of drug-likeness (QED) is 0.658. The maximum atomic E-state index is 12.5. The highest BCUT2D eigenvalue weighted by molar-refractivity contribution is 7.14. The van der Waals surface area contributed by atoms with Crippen molar-refractivity contribution in [3.8, 4) is 0 Å². The van der Waals surface area contributed by atoms with Crippen LogP contribution in [0.4, 0.5) is 0 Å². The second-order valence-corrected chi connectivity index (χ2v) is 7.48. The number of carboxylic acids is 1. The van der Waals surface area contributed by atoms with E-state index in [4.69, 9.17) is 0 Å². The molecule has 4 rings (SSSR count). The van der Waals surface area contributed by atoms with Gasteiger partial charge >= 0.3 is 5.97 Å². The molecule has 1 aromatic carbocycles. The van der Waals surface area contributed by atoms with Crippen LogP contribution >= 0.6 is 11.3 Å². The number of benzene rings is 1. The number of carboxylic acid groups (broad SMARTS) is 1. The van der Waals surface area contributed by atoms with Crippen molar-refractivity contribution in [2.75, 3.05) is 0 Å². The molecular weight excluding hydrogens is 336 g/mol. The lowest BCUT2D eigenvalue weighted by atomic mass is 10.0. The number of aliphatic carboxylic acids is 1. The van der Waals surface area contributed by atoms with Gasteiger partial charge in [-0.15, -0.1) is 11.3 Å². The smallest absolute Gasteiger partial charge is 0.326 e. The largest absolute Gasteiger partial charge is 0.480 e. The first-order valence-corrected chi connectivity index (χ1v) is 9.13. The number of aryl methyl sites for hydroxylation is 2.